The van der Waals surface area contributed by atoms with Gasteiger partial charge in [-0.25, -0.2) is 4.39 Å². The van der Waals surface area contributed by atoms with Crippen LogP contribution in [0.25, 0.3) is 0 Å². The van der Waals surface area contributed by atoms with Gasteiger partial charge in [0.1, 0.15) is 5.82 Å². The molecule has 0 saturated carbocycles. The third-order valence-corrected chi connectivity index (χ3v) is 3.40. The van der Waals surface area contributed by atoms with Gasteiger partial charge in [-0.1, -0.05) is 19.1 Å². The van der Waals surface area contributed by atoms with Crippen LogP contribution >= 0.6 is 11.8 Å². The first-order valence-corrected chi connectivity index (χ1v) is 6.59. The van der Waals surface area contributed by atoms with Crippen molar-refractivity contribution in [2.24, 2.45) is 0 Å². The number of hydrogen-bond acceptors (Lipinski definition) is 3. The van der Waals surface area contributed by atoms with Gasteiger partial charge in [-0.05, 0) is 24.0 Å². The molecule has 2 nitrogen and oxygen atoms in total. The van der Waals surface area contributed by atoms with E-state index in [-0.39, 0.29) is 5.82 Å². The third kappa shape index (κ3) is 4.51. The zero-order chi connectivity index (χ0) is 12.0. The van der Waals surface area contributed by atoms with Crippen LogP contribution in [0, 0.1) is 5.82 Å². The summed E-state index contributed by atoms with van der Waals surface area (Å²) >= 11 is 1.78. The summed E-state index contributed by atoms with van der Waals surface area (Å²) in [7, 11) is 0. The van der Waals surface area contributed by atoms with Gasteiger partial charge in [-0.3, -0.25) is 0 Å². The number of rotatable bonds is 6. The molecule has 0 amide bonds. The fraction of sp³-hybridized carbons (Fsp3) is 0.500. The highest BCUT2D eigenvalue weighted by Crippen LogP contribution is 2.12. The van der Waals surface area contributed by atoms with Crippen LogP contribution in [0.4, 0.5) is 4.39 Å². The molecule has 0 spiro atoms. The molecule has 2 unspecified atom stereocenters. The summed E-state index contributed by atoms with van der Waals surface area (Å²) in [4.78, 5) is 0. The molecule has 1 aromatic carbocycles. The van der Waals surface area contributed by atoms with Gasteiger partial charge in [0.25, 0.3) is 0 Å². The average Bonchev–Trinajstić information content (AvgIpc) is 2.29. The molecule has 2 atom stereocenters. The van der Waals surface area contributed by atoms with Crippen molar-refractivity contribution in [2.75, 3.05) is 19.3 Å². The second kappa shape index (κ2) is 6.89. The lowest BCUT2D eigenvalue weighted by Crippen LogP contribution is -2.27. The highest BCUT2D eigenvalue weighted by molar-refractivity contribution is 7.99. The molecule has 0 bridgehead atoms. The quantitative estimate of drug-likeness (QED) is 0.803. The van der Waals surface area contributed by atoms with Gasteiger partial charge in [0.15, 0.2) is 0 Å². The predicted octanol–water partition coefficient (Wildman–Crippen LogP) is 2.20. The molecule has 2 N–H and O–H groups in total. The lowest BCUT2D eigenvalue weighted by Gasteiger charge is -2.14. The Morgan fingerprint density at radius 3 is 2.50 bits per heavy atom. The van der Waals surface area contributed by atoms with E-state index in [9.17, 15) is 9.50 Å². The van der Waals surface area contributed by atoms with Gasteiger partial charge in [0.2, 0.25) is 0 Å². The Morgan fingerprint density at radius 1 is 1.31 bits per heavy atom. The van der Waals surface area contributed by atoms with Gasteiger partial charge in [0.05, 0.1) is 6.10 Å². The summed E-state index contributed by atoms with van der Waals surface area (Å²) in [5.41, 5.74) is 0.741. The Labute approximate surface area is 100 Å². The van der Waals surface area contributed by atoms with Crippen LogP contribution in [0.15, 0.2) is 24.3 Å². The van der Waals surface area contributed by atoms with Gasteiger partial charge in [-0.15, -0.1) is 0 Å². The normalized spacial score (nSPS) is 14.8. The van der Waals surface area contributed by atoms with Crippen molar-refractivity contribution in [1.82, 2.24) is 5.32 Å². The first-order chi connectivity index (χ1) is 7.63. The lowest BCUT2D eigenvalue weighted by molar-refractivity contribution is 0.175. The summed E-state index contributed by atoms with van der Waals surface area (Å²) < 4.78 is 12.7. The largest absolute Gasteiger partial charge is 0.387 e. The molecule has 0 aromatic heterocycles. The maximum Gasteiger partial charge on any atom is 0.123 e. The van der Waals surface area contributed by atoms with Crippen molar-refractivity contribution in [3.05, 3.63) is 35.6 Å². The lowest BCUT2D eigenvalue weighted by atomic mass is 10.1. The van der Waals surface area contributed by atoms with E-state index in [0.717, 1.165) is 12.1 Å². The van der Waals surface area contributed by atoms with Crippen molar-refractivity contribution >= 4 is 11.8 Å². The number of halogens is 1. The fourth-order valence-corrected chi connectivity index (χ4v) is 1.59. The topological polar surface area (TPSA) is 32.3 Å². The van der Waals surface area contributed by atoms with Crippen LogP contribution in [0.1, 0.15) is 18.6 Å². The van der Waals surface area contributed by atoms with E-state index in [1.165, 1.54) is 12.1 Å². The van der Waals surface area contributed by atoms with Crippen molar-refractivity contribution in [3.8, 4) is 0 Å². The summed E-state index contributed by atoms with van der Waals surface area (Å²) in [5, 5.41) is 13.5. The van der Waals surface area contributed by atoms with Crippen LogP contribution < -0.4 is 5.32 Å². The smallest absolute Gasteiger partial charge is 0.123 e. The highest BCUT2D eigenvalue weighted by Gasteiger charge is 2.07. The second-order valence-electron chi connectivity index (χ2n) is 3.77. The van der Waals surface area contributed by atoms with Gasteiger partial charge in [0, 0.05) is 18.3 Å². The highest BCUT2D eigenvalue weighted by atomic mass is 32.2. The molecule has 90 valence electrons. The third-order valence-electron chi connectivity index (χ3n) is 2.43. The van der Waals surface area contributed by atoms with Crippen LogP contribution in [-0.4, -0.2) is 29.7 Å². The molecule has 1 rings (SSSR count). The molecule has 0 radical (unpaired) electrons. The van der Waals surface area contributed by atoms with Crippen molar-refractivity contribution < 1.29 is 9.50 Å². The zero-order valence-corrected chi connectivity index (χ0v) is 10.4. The molecular formula is C12H18FNOS. The molecule has 0 aliphatic rings. The molecule has 4 heteroatoms. The molecule has 16 heavy (non-hydrogen) atoms. The van der Waals surface area contributed by atoms with E-state index >= 15 is 0 Å². The SMILES string of the molecule is CSC(C)CNCC(O)c1ccc(F)cc1. The van der Waals surface area contributed by atoms with Crippen molar-refractivity contribution in [1.29, 1.82) is 0 Å². The summed E-state index contributed by atoms with van der Waals surface area (Å²) in [6.45, 7) is 3.48. The predicted molar refractivity (Wildman–Crippen MR) is 67.2 cm³/mol. The molecule has 0 aliphatic carbocycles. The number of nitrogens with one attached hydrogen (secondary N) is 1. The Bertz CT molecular complexity index is 304. The van der Waals surface area contributed by atoms with E-state index in [1.807, 2.05) is 0 Å². The Kier molecular flexibility index (Phi) is 5.80. The first kappa shape index (κ1) is 13.5. The van der Waals surface area contributed by atoms with Gasteiger partial charge >= 0.3 is 0 Å². The monoisotopic (exact) mass is 243 g/mol. The van der Waals surface area contributed by atoms with E-state index in [4.69, 9.17) is 0 Å². The van der Waals surface area contributed by atoms with Crippen LogP contribution in [0.5, 0.6) is 0 Å². The summed E-state index contributed by atoms with van der Waals surface area (Å²) in [6, 6.07) is 5.95. The number of benzene rings is 1. The molecule has 0 saturated heterocycles. The molecule has 0 fully saturated rings. The maximum atomic E-state index is 12.7. The number of thioether (sulfide) groups is 1. The van der Waals surface area contributed by atoms with E-state index in [1.54, 1.807) is 23.9 Å². The second-order valence-corrected chi connectivity index (χ2v) is 5.05. The van der Waals surface area contributed by atoms with Crippen molar-refractivity contribution in [3.63, 3.8) is 0 Å². The fourth-order valence-electron chi connectivity index (χ4n) is 1.31. The first-order valence-electron chi connectivity index (χ1n) is 5.30. The van der Waals surface area contributed by atoms with Gasteiger partial charge < -0.3 is 10.4 Å². The van der Waals surface area contributed by atoms with Crippen LogP contribution in [0.2, 0.25) is 0 Å². The summed E-state index contributed by atoms with van der Waals surface area (Å²) in [5.74, 6) is -0.278. The molecule has 1 aromatic rings. The number of hydrogen-bond donors (Lipinski definition) is 2. The zero-order valence-electron chi connectivity index (χ0n) is 9.61. The van der Waals surface area contributed by atoms with E-state index < -0.39 is 6.10 Å². The van der Waals surface area contributed by atoms with Gasteiger partial charge in [-0.2, -0.15) is 11.8 Å². The molecule has 0 aliphatic heterocycles. The Morgan fingerprint density at radius 2 is 1.94 bits per heavy atom. The van der Waals surface area contributed by atoms with Crippen LogP contribution in [-0.2, 0) is 0 Å². The molecular weight excluding hydrogens is 225 g/mol. The van der Waals surface area contributed by atoms with Crippen LogP contribution in [0.3, 0.4) is 0 Å². The minimum absolute atomic E-state index is 0.278. The Hall–Kier alpha value is -0.580. The molecule has 0 heterocycles. The minimum Gasteiger partial charge on any atom is -0.387 e. The van der Waals surface area contributed by atoms with E-state index in [0.29, 0.717) is 11.8 Å². The number of aliphatic hydroxyl groups is 1. The maximum absolute atomic E-state index is 12.7. The minimum atomic E-state index is -0.574. The van der Waals surface area contributed by atoms with Crippen molar-refractivity contribution in [2.45, 2.75) is 18.3 Å². The standard InChI is InChI=1S/C12H18FNOS/c1-9(16-2)7-14-8-12(15)10-3-5-11(13)6-4-10/h3-6,9,12,14-15H,7-8H2,1-2H3. The Balaban J connectivity index is 2.35. The number of aliphatic hydroxyl groups excluding tert-OH is 1. The average molecular weight is 243 g/mol. The van der Waals surface area contributed by atoms with E-state index in [2.05, 4.69) is 18.5 Å². The summed E-state index contributed by atoms with van der Waals surface area (Å²) in [6.07, 6.45) is 1.48.